The molecular weight excluding hydrogens is 427 g/mol. The standard InChI is InChI=1S/C25H31F5O2/c1-14-2-3-19-13-18(9-8-17(19)12-14)15-4-6-16(7-5-15)24(31)32-21-11-10-20(25(28,29)30)22(26)23(21)27/h10-11,14-19H,2-9,12-13H2,1H3. The molecule has 4 unspecified atom stereocenters. The summed E-state index contributed by atoms with van der Waals surface area (Å²) >= 11 is 0. The zero-order valence-electron chi connectivity index (χ0n) is 18.4. The Bertz CT molecular complexity index is 828. The van der Waals surface area contributed by atoms with E-state index in [0.29, 0.717) is 36.8 Å². The highest BCUT2D eigenvalue weighted by Gasteiger charge is 2.40. The molecule has 32 heavy (non-hydrogen) atoms. The number of benzene rings is 1. The fourth-order valence-corrected chi connectivity index (χ4v) is 6.44. The fourth-order valence-electron chi connectivity index (χ4n) is 6.44. The number of halogens is 5. The van der Waals surface area contributed by atoms with Gasteiger partial charge in [-0.1, -0.05) is 13.3 Å². The lowest BCUT2D eigenvalue weighted by molar-refractivity contribution is -0.141. The SMILES string of the molecule is CC1CCC2CC(C3CCC(C(=O)Oc4ccc(C(F)(F)F)c(F)c4F)CC3)CCC2C1. The molecule has 7 heteroatoms. The minimum Gasteiger partial charge on any atom is -0.423 e. The monoisotopic (exact) mass is 458 g/mol. The lowest BCUT2D eigenvalue weighted by atomic mass is 9.61. The van der Waals surface area contributed by atoms with Crippen LogP contribution in [0.3, 0.4) is 0 Å². The van der Waals surface area contributed by atoms with Gasteiger partial charge in [-0.2, -0.15) is 17.6 Å². The number of carbonyl (C=O) groups excluding carboxylic acids is 1. The zero-order valence-corrected chi connectivity index (χ0v) is 18.4. The van der Waals surface area contributed by atoms with Crippen molar-refractivity contribution in [2.24, 2.45) is 35.5 Å². The summed E-state index contributed by atoms with van der Waals surface area (Å²) in [5.41, 5.74) is -1.71. The predicted octanol–water partition coefficient (Wildman–Crippen LogP) is 7.55. The van der Waals surface area contributed by atoms with E-state index in [0.717, 1.165) is 30.6 Å². The molecule has 3 aliphatic carbocycles. The Labute approximate surface area is 185 Å². The van der Waals surface area contributed by atoms with E-state index >= 15 is 0 Å². The minimum atomic E-state index is -5.01. The molecule has 0 aliphatic heterocycles. The van der Waals surface area contributed by atoms with Gasteiger partial charge in [0.05, 0.1) is 11.5 Å². The summed E-state index contributed by atoms with van der Waals surface area (Å²) in [6, 6.07) is 1.08. The first-order valence-corrected chi connectivity index (χ1v) is 11.9. The van der Waals surface area contributed by atoms with Gasteiger partial charge in [-0.05, 0) is 99.5 Å². The average molecular weight is 459 g/mol. The highest BCUT2D eigenvalue weighted by Crippen LogP contribution is 2.49. The highest BCUT2D eigenvalue weighted by atomic mass is 19.4. The second kappa shape index (κ2) is 9.30. The third kappa shape index (κ3) is 4.96. The number of ether oxygens (including phenoxy) is 1. The molecule has 3 fully saturated rings. The molecule has 0 spiro atoms. The third-order valence-electron chi connectivity index (χ3n) is 8.25. The van der Waals surface area contributed by atoms with Gasteiger partial charge in [-0.15, -0.1) is 0 Å². The Hall–Kier alpha value is -1.66. The van der Waals surface area contributed by atoms with Crippen molar-refractivity contribution in [3.05, 3.63) is 29.3 Å². The lowest BCUT2D eigenvalue weighted by Gasteiger charge is -2.44. The van der Waals surface area contributed by atoms with E-state index in [4.69, 9.17) is 4.74 Å². The number of rotatable bonds is 3. The molecule has 3 saturated carbocycles. The van der Waals surface area contributed by atoms with Crippen LogP contribution in [0.2, 0.25) is 0 Å². The minimum absolute atomic E-state index is 0.403. The number of carbonyl (C=O) groups is 1. The highest BCUT2D eigenvalue weighted by molar-refractivity contribution is 5.75. The van der Waals surface area contributed by atoms with E-state index in [1.165, 1.54) is 38.5 Å². The molecule has 0 bridgehead atoms. The molecule has 2 nitrogen and oxygen atoms in total. The molecule has 4 atom stereocenters. The van der Waals surface area contributed by atoms with Crippen molar-refractivity contribution in [2.75, 3.05) is 0 Å². The first-order valence-electron chi connectivity index (χ1n) is 11.9. The first-order chi connectivity index (χ1) is 15.1. The van der Waals surface area contributed by atoms with Crippen LogP contribution in [-0.4, -0.2) is 5.97 Å². The maximum atomic E-state index is 14.0. The number of fused-ring (bicyclic) bond motifs is 1. The van der Waals surface area contributed by atoms with E-state index in [2.05, 4.69) is 6.92 Å². The number of hydrogen-bond donors (Lipinski definition) is 0. The maximum Gasteiger partial charge on any atom is 0.419 e. The van der Waals surface area contributed by atoms with Crippen molar-refractivity contribution in [2.45, 2.75) is 77.3 Å². The van der Waals surface area contributed by atoms with E-state index in [1.54, 1.807) is 0 Å². The molecule has 1 aromatic rings. The van der Waals surface area contributed by atoms with Gasteiger partial charge in [0.1, 0.15) is 0 Å². The van der Waals surface area contributed by atoms with Crippen molar-refractivity contribution in [1.29, 1.82) is 0 Å². The van der Waals surface area contributed by atoms with Crippen LogP contribution >= 0.6 is 0 Å². The predicted molar refractivity (Wildman–Crippen MR) is 110 cm³/mol. The van der Waals surface area contributed by atoms with Crippen LogP contribution in [-0.2, 0) is 11.0 Å². The van der Waals surface area contributed by atoms with Gasteiger partial charge in [0.2, 0.25) is 5.82 Å². The summed E-state index contributed by atoms with van der Waals surface area (Å²) in [5.74, 6) is -1.88. The molecule has 1 aromatic carbocycles. The number of alkyl halides is 3. The summed E-state index contributed by atoms with van der Waals surface area (Å²) in [6.07, 6.45) is 5.90. The largest absolute Gasteiger partial charge is 0.423 e. The third-order valence-corrected chi connectivity index (χ3v) is 8.25. The van der Waals surface area contributed by atoms with Gasteiger partial charge in [0.25, 0.3) is 0 Å². The van der Waals surface area contributed by atoms with Gasteiger partial charge < -0.3 is 4.74 Å². The molecule has 0 heterocycles. The molecular formula is C25H31F5O2. The molecule has 0 radical (unpaired) electrons. The molecule has 0 amide bonds. The molecule has 178 valence electrons. The summed E-state index contributed by atoms with van der Waals surface area (Å²) < 4.78 is 70.9. The number of esters is 1. The van der Waals surface area contributed by atoms with Gasteiger partial charge >= 0.3 is 12.1 Å². The molecule has 3 aliphatic rings. The Morgan fingerprint density at radius 2 is 1.38 bits per heavy atom. The molecule has 0 aromatic heterocycles. The van der Waals surface area contributed by atoms with Gasteiger partial charge in [-0.3, -0.25) is 4.79 Å². The Balaban J connectivity index is 1.30. The van der Waals surface area contributed by atoms with E-state index < -0.39 is 41.0 Å². The van der Waals surface area contributed by atoms with Crippen molar-refractivity contribution in [1.82, 2.24) is 0 Å². The van der Waals surface area contributed by atoms with Crippen LogP contribution in [0.1, 0.15) is 76.7 Å². The van der Waals surface area contributed by atoms with E-state index in [1.807, 2.05) is 0 Å². The van der Waals surface area contributed by atoms with Crippen molar-refractivity contribution in [3.8, 4) is 5.75 Å². The average Bonchev–Trinajstić information content (AvgIpc) is 2.76. The van der Waals surface area contributed by atoms with E-state index in [-0.39, 0.29) is 0 Å². The van der Waals surface area contributed by atoms with Crippen molar-refractivity contribution < 1.29 is 31.5 Å². The maximum absolute atomic E-state index is 14.0. The first kappa shape index (κ1) is 23.5. The molecule has 4 rings (SSSR count). The summed E-state index contributed by atoms with van der Waals surface area (Å²) in [6.45, 7) is 2.35. The molecule has 0 saturated heterocycles. The Kier molecular flexibility index (Phi) is 6.83. The van der Waals surface area contributed by atoms with Gasteiger partial charge in [-0.25, -0.2) is 4.39 Å². The fraction of sp³-hybridized carbons (Fsp3) is 0.720. The van der Waals surface area contributed by atoms with Crippen LogP contribution in [0, 0.1) is 47.1 Å². The zero-order chi connectivity index (χ0) is 23.0. The second-order valence-corrected chi connectivity index (χ2v) is 10.3. The van der Waals surface area contributed by atoms with Crippen molar-refractivity contribution in [3.63, 3.8) is 0 Å². The van der Waals surface area contributed by atoms with Crippen LogP contribution in [0.5, 0.6) is 5.75 Å². The van der Waals surface area contributed by atoms with Crippen LogP contribution in [0.25, 0.3) is 0 Å². The summed E-state index contributed by atoms with van der Waals surface area (Å²) in [7, 11) is 0. The van der Waals surface area contributed by atoms with Crippen LogP contribution in [0.15, 0.2) is 12.1 Å². The Morgan fingerprint density at radius 1 is 0.812 bits per heavy atom. The smallest absolute Gasteiger partial charge is 0.419 e. The lowest BCUT2D eigenvalue weighted by Crippen LogP contribution is -2.35. The quantitative estimate of drug-likeness (QED) is 0.266. The van der Waals surface area contributed by atoms with Gasteiger partial charge in [0.15, 0.2) is 11.6 Å². The van der Waals surface area contributed by atoms with Crippen LogP contribution < -0.4 is 4.74 Å². The van der Waals surface area contributed by atoms with E-state index in [9.17, 15) is 26.7 Å². The van der Waals surface area contributed by atoms with Crippen molar-refractivity contribution >= 4 is 5.97 Å². The topological polar surface area (TPSA) is 26.3 Å². The summed E-state index contributed by atoms with van der Waals surface area (Å²) in [4.78, 5) is 12.5. The summed E-state index contributed by atoms with van der Waals surface area (Å²) in [5, 5.41) is 0. The second-order valence-electron chi connectivity index (χ2n) is 10.3. The molecule has 0 N–H and O–H groups in total. The Morgan fingerprint density at radius 3 is 2.03 bits per heavy atom. The number of hydrogen-bond acceptors (Lipinski definition) is 2. The van der Waals surface area contributed by atoms with Crippen LogP contribution in [0.4, 0.5) is 22.0 Å². The normalized spacial score (nSPS) is 33.4. The van der Waals surface area contributed by atoms with Gasteiger partial charge in [0, 0.05) is 0 Å².